The summed E-state index contributed by atoms with van der Waals surface area (Å²) in [6, 6.07) is 33.0. The van der Waals surface area contributed by atoms with Crippen molar-refractivity contribution in [2.75, 3.05) is 0 Å². The van der Waals surface area contributed by atoms with Gasteiger partial charge in [0.2, 0.25) is 0 Å². The first kappa shape index (κ1) is 14.8. The summed E-state index contributed by atoms with van der Waals surface area (Å²) in [6.07, 6.45) is 0. The van der Waals surface area contributed by atoms with Crippen LogP contribution in [0.25, 0.3) is 0 Å². The van der Waals surface area contributed by atoms with Gasteiger partial charge in [-0.25, -0.2) is 0 Å². The molecule has 0 N–H and O–H groups in total. The molecule has 0 aromatic heterocycles. The van der Waals surface area contributed by atoms with Crippen LogP contribution in [0.2, 0.25) is 0 Å². The minimum absolute atomic E-state index is 0. The molecule has 3 aromatic carbocycles. The second-order valence-corrected chi connectivity index (χ2v) is 12.8. The van der Waals surface area contributed by atoms with E-state index in [0.29, 0.717) is 0 Å². The maximum atomic E-state index is 2.29. The van der Waals surface area contributed by atoms with Gasteiger partial charge in [0, 0.05) is 4.70 Å². The molecule has 0 nitrogen and oxygen atoms in total. The Hall–Kier alpha value is -1.61. The van der Waals surface area contributed by atoms with Crippen LogP contribution < -0.4 is 10.7 Å². The second-order valence-electron chi connectivity index (χ2n) is 4.67. The molecule has 0 unspecified atom stereocenters. The summed E-state index contributed by atoms with van der Waals surface area (Å²) in [6.45, 7) is 0. The quantitative estimate of drug-likeness (QED) is 0.622. The number of benzene rings is 3. The van der Waals surface area contributed by atoms with Gasteiger partial charge in [0.15, 0.2) is 0 Å². The SMILES string of the molecule is [F].c1cc[c]([SnH]([c]2ccccc2)[c]2ccccc2)cc1. The van der Waals surface area contributed by atoms with Crippen LogP contribution in [-0.2, 0) is 0 Å². The molecule has 0 aliphatic heterocycles. The molecule has 0 aliphatic carbocycles. The summed E-state index contributed by atoms with van der Waals surface area (Å²) in [5, 5.41) is 0. The predicted molar refractivity (Wildman–Crippen MR) is 86.5 cm³/mol. The number of hydrogen-bond acceptors (Lipinski definition) is 0. The molecule has 0 atom stereocenters. The Morgan fingerprint density at radius 1 is 0.400 bits per heavy atom. The van der Waals surface area contributed by atoms with E-state index in [1.54, 1.807) is 10.7 Å². The van der Waals surface area contributed by atoms with E-state index in [1.165, 1.54) is 0 Å². The molecule has 3 aromatic rings. The van der Waals surface area contributed by atoms with Crippen molar-refractivity contribution >= 4 is 30.5 Å². The van der Waals surface area contributed by atoms with Crippen molar-refractivity contribution < 1.29 is 4.70 Å². The van der Waals surface area contributed by atoms with Crippen LogP contribution in [0.4, 0.5) is 4.70 Å². The fourth-order valence-corrected chi connectivity index (χ4v) is 11.0. The Morgan fingerprint density at radius 2 is 0.650 bits per heavy atom. The van der Waals surface area contributed by atoms with E-state index in [2.05, 4.69) is 91.0 Å². The molecule has 1 radical (unpaired) electrons. The Kier molecular flexibility index (Phi) is 5.36. The molecule has 2 heteroatoms. The Bertz CT molecular complexity index is 529. The van der Waals surface area contributed by atoms with Gasteiger partial charge in [-0.3, -0.25) is 0 Å². The zero-order valence-corrected chi connectivity index (χ0v) is 14.4. The molecule has 0 saturated carbocycles. The monoisotopic (exact) mass is 371 g/mol. The first-order valence-corrected chi connectivity index (χ1v) is 11.5. The maximum absolute atomic E-state index is 2.29. The van der Waals surface area contributed by atoms with Gasteiger partial charge < -0.3 is 0 Å². The van der Waals surface area contributed by atoms with E-state index >= 15 is 0 Å². The molecule has 0 fully saturated rings. The van der Waals surface area contributed by atoms with E-state index in [-0.39, 0.29) is 4.70 Å². The van der Waals surface area contributed by atoms with Crippen LogP contribution in [0.5, 0.6) is 0 Å². The summed E-state index contributed by atoms with van der Waals surface area (Å²) >= 11 is -2.14. The third kappa shape index (κ3) is 3.28. The Morgan fingerprint density at radius 3 is 0.900 bits per heavy atom. The van der Waals surface area contributed by atoms with Crippen molar-refractivity contribution in [1.82, 2.24) is 0 Å². The zero-order chi connectivity index (χ0) is 12.9. The minimum atomic E-state index is -2.14. The molecule has 0 saturated heterocycles. The molecule has 0 heterocycles. The zero-order valence-electron chi connectivity index (χ0n) is 11.1. The fraction of sp³-hybridized carbons (Fsp3) is 0. The summed E-state index contributed by atoms with van der Waals surface area (Å²) in [4.78, 5) is 0. The van der Waals surface area contributed by atoms with Crippen LogP contribution in [0, 0.1) is 0 Å². The topological polar surface area (TPSA) is 0 Å². The number of halogens is 1. The van der Waals surface area contributed by atoms with Crippen molar-refractivity contribution in [2.24, 2.45) is 0 Å². The summed E-state index contributed by atoms with van der Waals surface area (Å²) in [7, 11) is 0. The molecule has 0 spiro atoms. The average Bonchev–Trinajstić information content (AvgIpc) is 2.51. The van der Waals surface area contributed by atoms with E-state index in [4.69, 9.17) is 0 Å². The Balaban J connectivity index is 0.00000147. The van der Waals surface area contributed by atoms with Crippen molar-refractivity contribution in [3.05, 3.63) is 91.0 Å². The van der Waals surface area contributed by atoms with Crippen LogP contribution >= 0.6 is 0 Å². The van der Waals surface area contributed by atoms with Crippen LogP contribution in [-0.4, -0.2) is 19.8 Å². The summed E-state index contributed by atoms with van der Waals surface area (Å²) in [5.41, 5.74) is 0. The van der Waals surface area contributed by atoms with Crippen molar-refractivity contribution in [2.45, 2.75) is 0 Å². The molecule has 99 valence electrons. The standard InChI is InChI=1S/3C6H5.F.Sn.H/c3*1-2-4-6-5-3-1;;;/h3*1-5H;;;. The molecular weight excluding hydrogens is 354 g/mol. The molecule has 0 aliphatic rings. The van der Waals surface area contributed by atoms with Gasteiger partial charge in [-0.1, -0.05) is 0 Å². The van der Waals surface area contributed by atoms with Crippen LogP contribution in [0.15, 0.2) is 91.0 Å². The van der Waals surface area contributed by atoms with Crippen LogP contribution in [0.1, 0.15) is 0 Å². The third-order valence-corrected chi connectivity index (χ3v) is 12.4. The first-order chi connectivity index (χ1) is 9.45. The van der Waals surface area contributed by atoms with E-state index in [1.807, 2.05) is 0 Å². The number of rotatable bonds is 3. The summed E-state index contributed by atoms with van der Waals surface area (Å²) < 4.78 is 4.63. The van der Waals surface area contributed by atoms with E-state index in [0.717, 1.165) is 0 Å². The van der Waals surface area contributed by atoms with Gasteiger partial charge in [-0.15, -0.1) is 0 Å². The average molecular weight is 370 g/mol. The fourth-order valence-electron chi connectivity index (χ4n) is 2.51. The molecule has 3 rings (SSSR count). The molecule has 0 amide bonds. The van der Waals surface area contributed by atoms with Crippen LogP contribution in [0.3, 0.4) is 0 Å². The van der Waals surface area contributed by atoms with E-state index < -0.39 is 19.8 Å². The normalized spacial score (nSPS) is 10.1. The van der Waals surface area contributed by atoms with Gasteiger partial charge >= 0.3 is 121 Å². The molecular formula is C18H16FSn. The third-order valence-electron chi connectivity index (χ3n) is 3.40. The van der Waals surface area contributed by atoms with E-state index in [9.17, 15) is 0 Å². The molecule has 20 heavy (non-hydrogen) atoms. The van der Waals surface area contributed by atoms with Gasteiger partial charge in [0.05, 0.1) is 0 Å². The van der Waals surface area contributed by atoms with Crippen molar-refractivity contribution in [1.29, 1.82) is 0 Å². The van der Waals surface area contributed by atoms with Gasteiger partial charge in [-0.05, 0) is 0 Å². The first-order valence-electron chi connectivity index (χ1n) is 6.60. The predicted octanol–water partition coefficient (Wildman–Crippen LogP) is 2.36. The molecule has 0 bridgehead atoms. The van der Waals surface area contributed by atoms with Gasteiger partial charge in [0.25, 0.3) is 0 Å². The summed E-state index contributed by atoms with van der Waals surface area (Å²) in [5.74, 6) is 0. The van der Waals surface area contributed by atoms with Crippen molar-refractivity contribution in [3.63, 3.8) is 0 Å². The van der Waals surface area contributed by atoms with Gasteiger partial charge in [0.1, 0.15) is 0 Å². The Labute approximate surface area is 126 Å². The van der Waals surface area contributed by atoms with Crippen molar-refractivity contribution in [3.8, 4) is 0 Å². The van der Waals surface area contributed by atoms with Gasteiger partial charge in [-0.2, -0.15) is 0 Å². The second kappa shape index (κ2) is 7.25. The number of hydrogen-bond donors (Lipinski definition) is 0.